The van der Waals surface area contributed by atoms with E-state index in [1.165, 1.54) is 25.7 Å². The van der Waals surface area contributed by atoms with Gasteiger partial charge >= 0.3 is 11.9 Å². The third kappa shape index (κ3) is 5.68. The quantitative estimate of drug-likeness (QED) is 0.220. The first-order valence-corrected chi connectivity index (χ1v) is 17.5. The van der Waals surface area contributed by atoms with Crippen LogP contribution in [0.3, 0.4) is 0 Å². The molecule has 1 spiro atoms. The van der Waals surface area contributed by atoms with Crippen molar-refractivity contribution >= 4 is 11.9 Å². The highest BCUT2D eigenvalue weighted by molar-refractivity contribution is 5.89. The van der Waals surface area contributed by atoms with Crippen LogP contribution >= 0.6 is 0 Å². The van der Waals surface area contributed by atoms with Gasteiger partial charge in [0, 0.05) is 24.3 Å². The van der Waals surface area contributed by atoms with Crippen molar-refractivity contribution < 1.29 is 28.5 Å². The van der Waals surface area contributed by atoms with Crippen LogP contribution in [0.2, 0.25) is 0 Å². The molecule has 0 N–H and O–H groups in total. The molecule has 1 aromatic rings. The molecule has 5 fully saturated rings. The lowest BCUT2D eigenvalue weighted by molar-refractivity contribution is -0.242. The SMILES string of the molecule is CCOC(=O)/C(C)=C/CC[C@@H](C)C1CCC2C3C(CCC21C)C1(C)CCC2(C[C@@H]1C[C@H]3OC(=O)c1ccccc1)OCCO2. The highest BCUT2D eigenvalue weighted by Crippen LogP contribution is 2.69. The second kappa shape index (κ2) is 12.5. The van der Waals surface area contributed by atoms with E-state index in [0.29, 0.717) is 66.5 Å². The summed E-state index contributed by atoms with van der Waals surface area (Å²) in [5.74, 6) is 2.25. The van der Waals surface area contributed by atoms with Crippen LogP contribution in [-0.2, 0) is 23.7 Å². The van der Waals surface area contributed by atoms with E-state index in [-0.39, 0.29) is 28.9 Å². The molecular weight excluding hydrogens is 552 g/mol. The van der Waals surface area contributed by atoms with E-state index < -0.39 is 5.79 Å². The Morgan fingerprint density at radius 2 is 1.73 bits per heavy atom. The lowest BCUT2D eigenvalue weighted by atomic mass is 9.43. The fourth-order valence-corrected chi connectivity index (χ4v) is 10.9. The molecule has 1 aromatic carbocycles. The van der Waals surface area contributed by atoms with E-state index >= 15 is 0 Å². The number of benzene rings is 1. The van der Waals surface area contributed by atoms with Gasteiger partial charge in [0.25, 0.3) is 0 Å². The van der Waals surface area contributed by atoms with Crippen molar-refractivity contribution in [2.45, 2.75) is 111 Å². The third-order valence-electron chi connectivity index (χ3n) is 13.2. The van der Waals surface area contributed by atoms with Crippen LogP contribution in [0.25, 0.3) is 0 Å². The van der Waals surface area contributed by atoms with Crippen LogP contribution in [0.5, 0.6) is 0 Å². The van der Waals surface area contributed by atoms with E-state index in [1.54, 1.807) is 0 Å². The Balaban J connectivity index is 1.24. The molecule has 242 valence electrons. The van der Waals surface area contributed by atoms with Gasteiger partial charge in [0.1, 0.15) is 6.10 Å². The van der Waals surface area contributed by atoms with E-state index in [4.69, 9.17) is 18.9 Å². The van der Waals surface area contributed by atoms with Crippen molar-refractivity contribution in [3.05, 3.63) is 47.5 Å². The van der Waals surface area contributed by atoms with E-state index in [2.05, 4.69) is 26.8 Å². The van der Waals surface area contributed by atoms with Gasteiger partial charge in [-0.3, -0.25) is 0 Å². The molecule has 9 atom stereocenters. The van der Waals surface area contributed by atoms with Gasteiger partial charge < -0.3 is 18.9 Å². The minimum Gasteiger partial charge on any atom is -0.463 e. The van der Waals surface area contributed by atoms with Crippen molar-refractivity contribution in [1.29, 1.82) is 0 Å². The number of hydrogen-bond donors (Lipinski definition) is 0. The minimum absolute atomic E-state index is 0.0869. The molecule has 6 nitrogen and oxygen atoms in total. The molecule has 0 amide bonds. The Bertz CT molecular complexity index is 1220. The van der Waals surface area contributed by atoms with Gasteiger partial charge in [0.2, 0.25) is 0 Å². The van der Waals surface area contributed by atoms with Crippen LogP contribution < -0.4 is 0 Å². The molecule has 6 unspecified atom stereocenters. The summed E-state index contributed by atoms with van der Waals surface area (Å²) < 4.78 is 24.3. The number of carbonyl (C=O) groups excluding carboxylic acids is 2. The summed E-state index contributed by atoms with van der Waals surface area (Å²) in [7, 11) is 0. The molecule has 1 saturated heterocycles. The zero-order valence-corrected chi connectivity index (χ0v) is 27.6. The summed E-state index contributed by atoms with van der Waals surface area (Å²) in [5.41, 5.74) is 1.80. The van der Waals surface area contributed by atoms with Gasteiger partial charge in [-0.25, -0.2) is 9.59 Å². The van der Waals surface area contributed by atoms with Gasteiger partial charge in [-0.05, 0) is 118 Å². The number of ether oxygens (including phenoxy) is 4. The maximum atomic E-state index is 13.6. The lowest BCUT2D eigenvalue weighted by Gasteiger charge is -2.63. The molecule has 6 rings (SSSR count). The number of esters is 2. The maximum Gasteiger partial charge on any atom is 0.338 e. The fraction of sp³-hybridized carbons (Fsp3) is 0.737. The number of hydrogen-bond acceptors (Lipinski definition) is 6. The summed E-state index contributed by atoms with van der Waals surface area (Å²) in [4.78, 5) is 25.7. The third-order valence-corrected chi connectivity index (χ3v) is 13.2. The van der Waals surface area contributed by atoms with Crippen molar-refractivity contribution in [2.24, 2.45) is 46.3 Å². The molecule has 5 aliphatic rings. The second-order valence-electron chi connectivity index (χ2n) is 15.2. The Morgan fingerprint density at radius 1 is 1.00 bits per heavy atom. The first-order chi connectivity index (χ1) is 21.1. The predicted molar refractivity (Wildman–Crippen MR) is 170 cm³/mol. The summed E-state index contributed by atoms with van der Waals surface area (Å²) in [5, 5.41) is 0. The van der Waals surface area contributed by atoms with Crippen LogP contribution in [0.1, 0.15) is 109 Å². The molecule has 1 heterocycles. The van der Waals surface area contributed by atoms with Crippen molar-refractivity contribution in [1.82, 2.24) is 0 Å². The average Bonchev–Trinajstić information content (AvgIpc) is 3.62. The van der Waals surface area contributed by atoms with Crippen LogP contribution in [0, 0.1) is 46.3 Å². The summed E-state index contributed by atoms with van der Waals surface area (Å²) in [6.07, 6.45) is 12.7. The van der Waals surface area contributed by atoms with Gasteiger partial charge in [0.05, 0.1) is 25.4 Å². The number of carbonyl (C=O) groups is 2. The number of allylic oxidation sites excluding steroid dienone is 1. The standard InChI is InChI=1S/C38H54O6/c1-6-41-34(39)26(3)12-10-11-25(2)29-15-16-30-33-31(17-18-37(29,30)5)36(4)19-20-38(42-21-22-43-38)24-28(36)23-32(33)44-35(40)27-13-8-7-9-14-27/h7-9,12-14,25,28-33H,6,10-11,15-24H2,1-5H3/b26-12+/t25-,28+,29?,30?,31?,32-,33?,36?,37?/m1/s1. The number of rotatable bonds is 8. The molecule has 6 heteroatoms. The van der Waals surface area contributed by atoms with Gasteiger partial charge in [0.15, 0.2) is 5.79 Å². The summed E-state index contributed by atoms with van der Waals surface area (Å²) >= 11 is 0. The van der Waals surface area contributed by atoms with Gasteiger partial charge in [-0.15, -0.1) is 0 Å². The summed E-state index contributed by atoms with van der Waals surface area (Å²) in [6.45, 7) is 13.0. The van der Waals surface area contributed by atoms with Gasteiger partial charge in [-0.1, -0.05) is 45.0 Å². The summed E-state index contributed by atoms with van der Waals surface area (Å²) in [6, 6.07) is 9.53. The normalized spacial score (nSPS) is 38.3. The van der Waals surface area contributed by atoms with E-state index in [0.717, 1.165) is 38.5 Å². The molecular formula is C38H54O6. The topological polar surface area (TPSA) is 71.1 Å². The molecule has 0 radical (unpaired) electrons. The highest BCUT2D eigenvalue weighted by atomic mass is 16.7. The zero-order chi connectivity index (χ0) is 31.1. The molecule has 0 aromatic heterocycles. The molecule has 0 bridgehead atoms. The first-order valence-electron chi connectivity index (χ1n) is 17.5. The lowest BCUT2D eigenvalue weighted by Crippen LogP contribution is -2.60. The second-order valence-corrected chi connectivity index (χ2v) is 15.2. The van der Waals surface area contributed by atoms with Crippen molar-refractivity contribution in [2.75, 3.05) is 19.8 Å². The monoisotopic (exact) mass is 606 g/mol. The Morgan fingerprint density at radius 3 is 2.45 bits per heavy atom. The van der Waals surface area contributed by atoms with E-state index in [9.17, 15) is 9.59 Å². The van der Waals surface area contributed by atoms with Crippen LogP contribution in [0.4, 0.5) is 0 Å². The average molecular weight is 607 g/mol. The van der Waals surface area contributed by atoms with Gasteiger partial charge in [-0.2, -0.15) is 0 Å². The minimum atomic E-state index is -0.442. The molecule has 1 aliphatic heterocycles. The van der Waals surface area contributed by atoms with Crippen LogP contribution in [0.15, 0.2) is 42.0 Å². The Kier molecular flexibility index (Phi) is 9.07. The first kappa shape index (κ1) is 31.8. The molecule has 4 aliphatic carbocycles. The Labute approximate surface area is 264 Å². The molecule has 44 heavy (non-hydrogen) atoms. The highest BCUT2D eigenvalue weighted by Gasteiger charge is 2.65. The molecule has 4 saturated carbocycles. The fourth-order valence-electron chi connectivity index (χ4n) is 10.9. The predicted octanol–water partition coefficient (Wildman–Crippen LogP) is 8.15. The van der Waals surface area contributed by atoms with E-state index in [1.807, 2.05) is 44.2 Å². The van der Waals surface area contributed by atoms with Crippen LogP contribution in [-0.4, -0.2) is 43.7 Å². The van der Waals surface area contributed by atoms with Crippen molar-refractivity contribution in [3.63, 3.8) is 0 Å². The zero-order valence-electron chi connectivity index (χ0n) is 27.6. The largest absolute Gasteiger partial charge is 0.463 e. The Hall–Kier alpha value is -2.18. The smallest absolute Gasteiger partial charge is 0.338 e. The number of fused-ring (bicyclic) bond motifs is 5. The van der Waals surface area contributed by atoms with Crippen molar-refractivity contribution in [3.8, 4) is 0 Å². The maximum absolute atomic E-state index is 13.6.